The standard InChI is InChI=1S/C12H19NO4/c1-3-4-12(2,16)8-13-6-10-5-9(7-17-10)11(14)15/h5,7,13,16H,3-4,6,8H2,1-2H3,(H,14,15). The van der Waals surface area contributed by atoms with E-state index in [0.717, 1.165) is 12.8 Å². The van der Waals surface area contributed by atoms with Crippen LogP contribution in [0.25, 0.3) is 0 Å². The molecule has 0 bridgehead atoms. The van der Waals surface area contributed by atoms with Crippen molar-refractivity contribution in [2.24, 2.45) is 0 Å². The third-order valence-electron chi connectivity index (χ3n) is 2.49. The lowest BCUT2D eigenvalue weighted by atomic mass is 10.0. The largest absolute Gasteiger partial charge is 0.478 e. The molecule has 1 unspecified atom stereocenters. The van der Waals surface area contributed by atoms with Crippen molar-refractivity contribution < 1.29 is 19.4 Å². The van der Waals surface area contributed by atoms with Crippen molar-refractivity contribution in [3.8, 4) is 0 Å². The first-order chi connectivity index (χ1) is 7.94. The number of aromatic carboxylic acids is 1. The fraction of sp³-hybridized carbons (Fsp3) is 0.583. The van der Waals surface area contributed by atoms with E-state index in [0.29, 0.717) is 18.8 Å². The Morgan fingerprint density at radius 1 is 1.59 bits per heavy atom. The lowest BCUT2D eigenvalue weighted by Gasteiger charge is -2.22. The number of aliphatic hydroxyl groups is 1. The highest BCUT2D eigenvalue weighted by molar-refractivity contribution is 5.87. The molecule has 5 nitrogen and oxygen atoms in total. The van der Waals surface area contributed by atoms with Crippen molar-refractivity contribution in [2.45, 2.75) is 38.8 Å². The molecular weight excluding hydrogens is 222 g/mol. The maximum atomic E-state index is 10.6. The first-order valence-corrected chi connectivity index (χ1v) is 5.68. The highest BCUT2D eigenvalue weighted by Gasteiger charge is 2.18. The normalized spacial score (nSPS) is 14.5. The summed E-state index contributed by atoms with van der Waals surface area (Å²) in [6.45, 7) is 4.64. The molecule has 0 aliphatic rings. The van der Waals surface area contributed by atoms with E-state index in [1.807, 2.05) is 6.92 Å². The molecule has 1 atom stereocenters. The third kappa shape index (κ3) is 4.58. The van der Waals surface area contributed by atoms with Gasteiger partial charge in [0.05, 0.1) is 17.7 Å². The fourth-order valence-corrected chi connectivity index (χ4v) is 1.67. The number of carboxylic acid groups (broad SMARTS) is 1. The number of hydrogen-bond acceptors (Lipinski definition) is 4. The van der Waals surface area contributed by atoms with Crippen molar-refractivity contribution in [1.29, 1.82) is 0 Å². The van der Waals surface area contributed by atoms with E-state index in [2.05, 4.69) is 5.32 Å². The lowest BCUT2D eigenvalue weighted by Crippen LogP contribution is -2.37. The maximum absolute atomic E-state index is 10.6. The predicted molar refractivity (Wildman–Crippen MR) is 62.9 cm³/mol. The minimum absolute atomic E-state index is 0.141. The van der Waals surface area contributed by atoms with Crippen molar-refractivity contribution in [2.75, 3.05) is 6.54 Å². The Bertz CT molecular complexity index is 370. The van der Waals surface area contributed by atoms with Gasteiger partial charge in [0.2, 0.25) is 0 Å². The van der Waals surface area contributed by atoms with E-state index in [9.17, 15) is 9.90 Å². The SMILES string of the molecule is CCCC(C)(O)CNCc1cc(C(=O)O)co1. The summed E-state index contributed by atoms with van der Waals surface area (Å²) in [5.74, 6) is -0.451. The molecule has 0 aromatic carbocycles. The van der Waals surface area contributed by atoms with Gasteiger partial charge in [-0.3, -0.25) is 0 Å². The van der Waals surface area contributed by atoms with Gasteiger partial charge in [-0.15, -0.1) is 0 Å². The summed E-state index contributed by atoms with van der Waals surface area (Å²) >= 11 is 0. The van der Waals surface area contributed by atoms with Crippen LogP contribution in [0.3, 0.4) is 0 Å². The Labute approximate surface area is 100 Å². The zero-order chi connectivity index (χ0) is 12.9. The van der Waals surface area contributed by atoms with Gasteiger partial charge < -0.3 is 19.9 Å². The summed E-state index contributed by atoms with van der Waals surface area (Å²) in [6, 6.07) is 1.48. The Kier molecular flexibility index (Phi) is 4.72. The average Bonchev–Trinajstić information content (AvgIpc) is 2.66. The number of carboxylic acids is 1. The Morgan fingerprint density at radius 2 is 2.29 bits per heavy atom. The van der Waals surface area contributed by atoms with Gasteiger partial charge in [-0.05, 0) is 19.4 Å². The Balaban J connectivity index is 2.38. The van der Waals surface area contributed by atoms with Gasteiger partial charge in [0.15, 0.2) is 0 Å². The summed E-state index contributed by atoms with van der Waals surface area (Å²) in [7, 11) is 0. The summed E-state index contributed by atoms with van der Waals surface area (Å²) in [5, 5.41) is 21.6. The summed E-state index contributed by atoms with van der Waals surface area (Å²) in [5.41, 5.74) is -0.598. The molecule has 0 amide bonds. The van der Waals surface area contributed by atoms with Crippen LogP contribution in [0, 0.1) is 0 Å². The van der Waals surface area contributed by atoms with Crippen LogP contribution in [-0.4, -0.2) is 28.3 Å². The molecule has 0 aliphatic heterocycles. The zero-order valence-electron chi connectivity index (χ0n) is 10.2. The monoisotopic (exact) mass is 241 g/mol. The summed E-state index contributed by atoms with van der Waals surface area (Å²) in [4.78, 5) is 10.6. The van der Waals surface area contributed by atoms with Crippen molar-refractivity contribution in [1.82, 2.24) is 5.32 Å². The van der Waals surface area contributed by atoms with Crippen LogP contribution in [0.5, 0.6) is 0 Å². The van der Waals surface area contributed by atoms with Crippen LogP contribution in [0.15, 0.2) is 16.7 Å². The van der Waals surface area contributed by atoms with Gasteiger partial charge in [-0.1, -0.05) is 13.3 Å². The minimum atomic E-state index is -1.00. The molecule has 1 heterocycles. The molecule has 96 valence electrons. The molecule has 0 spiro atoms. The fourth-order valence-electron chi connectivity index (χ4n) is 1.67. The highest BCUT2D eigenvalue weighted by Crippen LogP contribution is 2.11. The average molecular weight is 241 g/mol. The molecule has 17 heavy (non-hydrogen) atoms. The number of nitrogens with one attached hydrogen (secondary N) is 1. The lowest BCUT2D eigenvalue weighted by molar-refractivity contribution is 0.0493. The molecule has 1 aromatic heterocycles. The molecule has 5 heteroatoms. The molecule has 1 rings (SSSR count). The van der Waals surface area contributed by atoms with E-state index in [-0.39, 0.29) is 5.56 Å². The van der Waals surface area contributed by atoms with E-state index >= 15 is 0 Å². The van der Waals surface area contributed by atoms with E-state index in [4.69, 9.17) is 9.52 Å². The van der Waals surface area contributed by atoms with Crippen molar-refractivity contribution >= 4 is 5.97 Å². The van der Waals surface area contributed by atoms with Crippen LogP contribution in [-0.2, 0) is 6.54 Å². The van der Waals surface area contributed by atoms with E-state index < -0.39 is 11.6 Å². The number of hydrogen-bond donors (Lipinski definition) is 3. The van der Waals surface area contributed by atoms with Gasteiger partial charge in [0.1, 0.15) is 12.0 Å². The zero-order valence-corrected chi connectivity index (χ0v) is 10.2. The Morgan fingerprint density at radius 3 is 2.82 bits per heavy atom. The Hall–Kier alpha value is -1.33. The van der Waals surface area contributed by atoms with Crippen LogP contribution < -0.4 is 5.32 Å². The van der Waals surface area contributed by atoms with Crippen LogP contribution in [0.2, 0.25) is 0 Å². The molecule has 0 aliphatic carbocycles. The van der Waals surface area contributed by atoms with Crippen LogP contribution in [0.4, 0.5) is 0 Å². The molecule has 0 radical (unpaired) electrons. The number of furan rings is 1. The number of rotatable bonds is 7. The quantitative estimate of drug-likeness (QED) is 0.675. The molecule has 0 saturated heterocycles. The highest BCUT2D eigenvalue weighted by atomic mass is 16.4. The third-order valence-corrected chi connectivity index (χ3v) is 2.49. The van der Waals surface area contributed by atoms with E-state index in [1.54, 1.807) is 6.92 Å². The minimum Gasteiger partial charge on any atom is -0.478 e. The topological polar surface area (TPSA) is 82.7 Å². The first-order valence-electron chi connectivity index (χ1n) is 5.68. The second-order valence-corrected chi connectivity index (χ2v) is 4.46. The summed E-state index contributed by atoms with van der Waals surface area (Å²) < 4.78 is 5.08. The molecule has 3 N–H and O–H groups in total. The van der Waals surface area contributed by atoms with Crippen molar-refractivity contribution in [3.63, 3.8) is 0 Å². The first kappa shape index (κ1) is 13.7. The van der Waals surface area contributed by atoms with E-state index in [1.165, 1.54) is 12.3 Å². The maximum Gasteiger partial charge on any atom is 0.338 e. The smallest absolute Gasteiger partial charge is 0.338 e. The molecule has 1 aromatic rings. The van der Waals surface area contributed by atoms with Gasteiger partial charge in [-0.25, -0.2) is 4.79 Å². The van der Waals surface area contributed by atoms with Crippen LogP contribution >= 0.6 is 0 Å². The van der Waals surface area contributed by atoms with Gasteiger partial charge >= 0.3 is 5.97 Å². The number of carbonyl (C=O) groups is 1. The van der Waals surface area contributed by atoms with Gasteiger partial charge in [0, 0.05) is 6.54 Å². The second-order valence-electron chi connectivity index (χ2n) is 4.46. The second kappa shape index (κ2) is 5.84. The van der Waals surface area contributed by atoms with Crippen LogP contribution in [0.1, 0.15) is 42.8 Å². The molecule has 0 fully saturated rings. The van der Waals surface area contributed by atoms with Gasteiger partial charge in [-0.2, -0.15) is 0 Å². The van der Waals surface area contributed by atoms with Gasteiger partial charge in [0.25, 0.3) is 0 Å². The predicted octanol–water partition coefficient (Wildman–Crippen LogP) is 1.62. The summed E-state index contributed by atoms with van der Waals surface area (Å²) in [6.07, 6.45) is 2.85. The molecule has 0 saturated carbocycles. The van der Waals surface area contributed by atoms with Crippen molar-refractivity contribution in [3.05, 3.63) is 23.7 Å². The molecular formula is C12H19NO4.